The molecule has 0 aromatic carbocycles. The van der Waals surface area contributed by atoms with Crippen molar-refractivity contribution in [2.75, 3.05) is 5.32 Å². The highest BCUT2D eigenvalue weighted by Crippen LogP contribution is 2.12. The van der Waals surface area contributed by atoms with Gasteiger partial charge in [-0.2, -0.15) is 5.26 Å². The lowest BCUT2D eigenvalue weighted by Gasteiger charge is -2.04. The van der Waals surface area contributed by atoms with Crippen LogP contribution in [-0.4, -0.2) is 9.97 Å². The fourth-order valence-corrected chi connectivity index (χ4v) is 1.44. The molecule has 5 heteroatoms. The lowest BCUT2D eigenvalue weighted by molar-refractivity contribution is 1.08. The Hall–Kier alpha value is -2.12. The number of rotatable bonds is 2. The van der Waals surface area contributed by atoms with Crippen LogP contribution in [0, 0.1) is 17.2 Å². The number of hydrogen-bond acceptors (Lipinski definition) is 4. The van der Waals surface area contributed by atoms with E-state index in [1.807, 2.05) is 38.2 Å². The lowest BCUT2D eigenvalue weighted by atomic mass is 10.1. The van der Waals surface area contributed by atoms with Crippen LogP contribution in [-0.2, 0) is 0 Å². The summed E-state index contributed by atoms with van der Waals surface area (Å²) in [6.45, 7) is 4.00. The first-order valence-corrected chi connectivity index (χ1v) is 6.37. The van der Waals surface area contributed by atoms with E-state index in [9.17, 15) is 0 Å². The van der Waals surface area contributed by atoms with Gasteiger partial charge in [-0.1, -0.05) is 43.7 Å². The van der Waals surface area contributed by atoms with E-state index in [-0.39, 0.29) is 5.92 Å². The highest BCUT2D eigenvalue weighted by Gasteiger charge is 2.03. The Bertz CT molecular complexity index is 541. The summed E-state index contributed by atoms with van der Waals surface area (Å²) in [5.74, 6) is 0.225. The molecule has 0 spiro atoms. The predicted molar refractivity (Wildman–Crippen MR) is 77.5 cm³/mol. The van der Waals surface area contributed by atoms with Gasteiger partial charge in [0.2, 0.25) is 5.95 Å². The summed E-state index contributed by atoms with van der Waals surface area (Å²) in [5, 5.41) is 12.2. The molecule has 0 bridgehead atoms. The second-order valence-corrected chi connectivity index (χ2v) is 3.74. The molecular formula is C14H15ClN4. The first-order chi connectivity index (χ1) is 9.28. The molecule has 1 heterocycles. The third kappa shape index (κ3) is 4.94. The average molecular weight is 275 g/mol. The number of nitrogens with one attached hydrogen (secondary N) is 1. The number of aromatic nitrogens is 2. The van der Waals surface area contributed by atoms with Crippen molar-refractivity contribution in [3.63, 3.8) is 0 Å². The summed E-state index contributed by atoms with van der Waals surface area (Å²) in [6, 6.07) is 3.76. The minimum absolute atomic E-state index is 0.203. The van der Waals surface area contributed by atoms with Crippen molar-refractivity contribution in [1.29, 1.82) is 5.26 Å². The SMILES string of the molecule is CC.N#CC1C=CC=C(Nc2nccc(Cl)n2)C=C1. The molecule has 1 aromatic rings. The predicted octanol–water partition coefficient (Wildman–Crippen LogP) is 3.72. The highest BCUT2D eigenvalue weighted by atomic mass is 35.5. The quantitative estimate of drug-likeness (QED) is 0.835. The Morgan fingerprint density at radius 2 is 2.16 bits per heavy atom. The first-order valence-electron chi connectivity index (χ1n) is 6.00. The molecule has 0 fully saturated rings. The van der Waals surface area contributed by atoms with Crippen LogP contribution >= 0.6 is 11.6 Å². The molecule has 0 saturated heterocycles. The molecule has 1 atom stereocenters. The zero-order valence-corrected chi connectivity index (χ0v) is 11.6. The Morgan fingerprint density at radius 1 is 1.37 bits per heavy atom. The molecule has 0 radical (unpaired) electrons. The van der Waals surface area contributed by atoms with E-state index < -0.39 is 0 Å². The van der Waals surface area contributed by atoms with Crippen LogP contribution in [0.25, 0.3) is 0 Å². The van der Waals surface area contributed by atoms with E-state index in [2.05, 4.69) is 21.4 Å². The maximum atomic E-state index is 8.79. The van der Waals surface area contributed by atoms with Crippen LogP contribution < -0.4 is 5.32 Å². The lowest BCUT2D eigenvalue weighted by Crippen LogP contribution is -2.01. The van der Waals surface area contributed by atoms with Gasteiger partial charge in [0, 0.05) is 11.9 Å². The number of allylic oxidation sites excluding steroid dienone is 5. The van der Waals surface area contributed by atoms with Crippen molar-refractivity contribution in [3.05, 3.63) is 53.5 Å². The zero-order chi connectivity index (χ0) is 14.1. The Balaban J connectivity index is 0.000000861. The maximum absolute atomic E-state index is 8.79. The third-order valence-corrected chi connectivity index (χ3v) is 2.31. The third-order valence-electron chi connectivity index (χ3n) is 2.10. The fourth-order valence-electron chi connectivity index (χ4n) is 1.30. The molecule has 0 amide bonds. The summed E-state index contributed by atoms with van der Waals surface area (Å²) >= 11 is 5.75. The van der Waals surface area contributed by atoms with Crippen LogP contribution in [0.1, 0.15) is 13.8 Å². The minimum Gasteiger partial charge on any atom is -0.324 e. The van der Waals surface area contributed by atoms with E-state index in [1.165, 1.54) is 0 Å². The van der Waals surface area contributed by atoms with Gasteiger partial charge in [0.1, 0.15) is 5.15 Å². The zero-order valence-electron chi connectivity index (χ0n) is 10.8. The van der Waals surface area contributed by atoms with Gasteiger partial charge in [-0.05, 0) is 18.2 Å². The summed E-state index contributed by atoms with van der Waals surface area (Å²) in [4.78, 5) is 8.05. The average Bonchev–Trinajstić information content (AvgIpc) is 2.66. The molecule has 1 unspecified atom stereocenters. The van der Waals surface area contributed by atoms with Crippen molar-refractivity contribution in [3.8, 4) is 6.07 Å². The monoisotopic (exact) mass is 274 g/mol. The summed E-state index contributed by atoms with van der Waals surface area (Å²) in [7, 11) is 0. The minimum atomic E-state index is -0.203. The van der Waals surface area contributed by atoms with Crippen molar-refractivity contribution in [2.24, 2.45) is 5.92 Å². The second-order valence-electron chi connectivity index (χ2n) is 3.35. The molecule has 1 N–H and O–H groups in total. The number of anilines is 1. The largest absolute Gasteiger partial charge is 0.324 e. The van der Waals surface area contributed by atoms with E-state index in [0.717, 1.165) is 5.70 Å². The van der Waals surface area contributed by atoms with Gasteiger partial charge in [-0.15, -0.1) is 0 Å². The summed E-state index contributed by atoms with van der Waals surface area (Å²) < 4.78 is 0. The van der Waals surface area contributed by atoms with E-state index >= 15 is 0 Å². The Kier molecular flexibility index (Phi) is 6.34. The second kappa shape index (κ2) is 8.06. The van der Waals surface area contributed by atoms with Gasteiger partial charge >= 0.3 is 0 Å². The van der Waals surface area contributed by atoms with Crippen LogP contribution in [0.4, 0.5) is 5.95 Å². The molecule has 1 aliphatic carbocycles. The Labute approximate surface area is 118 Å². The molecule has 1 aromatic heterocycles. The molecule has 98 valence electrons. The normalized spacial score (nSPS) is 16.5. The highest BCUT2D eigenvalue weighted by molar-refractivity contribution is 6.29. The molecule has 0 saturated carbocycles. The van der Waals surface area contributed by atoms with Gasteiger partial charge in [-0.25, -0.2) is 9.97 Å². The fraction of sp³-hybridized carbons (Fsp3) is 0.214. The molecule has 1 aliphatic rings. The number of nitriles is 1. The molecule has 2 rings (SSSR count). The van der Waals surface area contributed by atoms with E-state index in [0.29, 0.717) is 11.1 Å². The van der Waals surface area contributed by atoms with Gasteiger partial charge in [-0.3, -0.25) is 0 Å². The van der Waals surface area contributed by atoms with Crippen molar-refractivity contribution >= 4 is 17.5 Å². The van der Waals surface area contributed by atoms with Gasteiger partial charge < -0.3 is 5.32 Å². The summed E-state index contributed by atoms with van der Waals surface area (Å²) in [5.41, 5.74) is 0.807. The van der Waals surface area contributed by atoms with Crippen LogP contribution in [0.5, 0.6) is 0 Å². The van der Waals surface area contributed by atoms with Gasteiger partial charge in [0.05, 0.1) is 12.0 Å². The van der Waals surface area contributed by atoms with E-state index in [1.54, 1.807) is 18.3 Å². The van der Waals surface area contributed by atoms with Gasteiger partial charge in [0.15, 0.2) is 0 Å². The van der Waals surface area contributed by atoms with Crippen LogP contribution in [0.2, 0.25) is 5.15 Å². The molecular weight excluding hydrogens is 260 g/mol. The first kappa shape index (κ1) is 14.9. The molecule has 4 nitrogen and oxygen atoms in total. The summed E-state index contributed by atoms with van der Waals surface area (Å²) in [6.07, 6.45) is 10.7. The van der Waals surface area contributed by atoms with E-state index in [4.69, 9.17) is 16.9 Å². The van der Waals surface area contributed by atoms with Crippen molar-refractivity contribution in [2.45, 2.75) is 13.8 Å². The number of hydrogen-bond donors (Lipinski definition) is 1. The standard InChI is InChI=1S/C12H9ClN4.C2H6/c13-11-6-7-15-12(17-11)16-10-3-1-2-9(8-14)4-5-10;1-2/h1-7,9H,(H,15,16,17);1-2H3. The van der Waals surface area contributed by atoms with Crippen LogP contribution in [0.3, 0.4) is 0 Å². The van der Waals surface area contributed by atoms with Crippen molar-refractivity contribution in [1.82, 2.24) is 9.97 Å². The Morgan fingerprint density at radius 3 is 2.84 bits per heavy atom. The van der Waals surface area contributed by atoms with Crippen LogP contribution in [0.15, 0.2) is 48.3 Å². The maximum Gasteiger partial charge on any atom is 0.228 e. The van der Waals surface area contributed by atoms with Gasteiger partial charge in [0.25, 0.3) is 0 Å². The van der Waals surface area contributed by atoms with Crippen molar-refractivity contribution < 1.29 is 0 Å². The smallest absolute Gasteiger partial charge is 0.228 e. The number of nitrogens with zero attached hydrogens (tertiary/aromatic N) is 3. The number of halogens is 1. The topological polar surface area (TPSA) is 61.6 Å². The molecule has 0 aliphatic heterocycles. The molecule has 19 heavy (non-hydrogen) atoms.